The number of anilines is 1. The minimum Gasteiger partial charge on any atom is -0.459 e. The van der Waals surface area contributed by atoms with Crippen LogP contribution < -0.4 is 10.6 Å². The summed E-state index contributed by atoms with van der Waals surface area (Å²) in [6.45, 7) is 7.03. The molecule has 1 unspecified atom stereocenters. The third kappa shape index (κ3) is 3.73. The lowest BCUT2D eigenvalue weighted by molar-refractivity contribution is 0.0995. The van der Waals surface area contributed by atoms with Crippen LogP contribution >= 0.6 is 0 Å². The van der Waals surface area contributed by atoms with Gasteiger partial charge in [0.2, 0.25) is 0 Å². The topological polar surface area (TPSA) is 54.3 Å². The molecule has 0 fully saturated rings. The van der Waals surface area contributed by atoms with Crippen molar-refractivity contribution in [1.29, 1.82) is 0 Å². The van der Waals surface area contributed by atoms with E-state index in [-0.39, 0.29) is 11.9 Å². The van der Waals surface area contributed by atoms with Crippen molar-refractivity contribution in [2.24, 2.45) is 0 Å². The zero-order valence-corrected chi connectivity index (χ0v) is 12.8. The standard InChI is InChI=1S/C17H22N2O2/c1-4-10-18-13(3)14-7-5-6-8-15(14)19-17(20)16-12(2)9-11-21-16/h5-9,11,13,18H,4,10H2,1-3H3,(H,19,20). The second-order valence-corrected chi connectivity index (χ2v) is 5.15. The zero-order chi connectivity index (χ0) is 15.2. The number of para-hydroxylation sites is 1. The molecule has 0 bridgehead atoms. The third-order valence-electron chi connectivity index (χ3n) is 3.44. The summed E-state index contributed by atoms with van der Waals surface area (Å²) in [4.78, 5) is 12.3. The SMILES string of the molecule is CCCNC(C)c1ccccc1NC(=O)c1occc1C. The van der Waals surface area contributed by atoms with E-state index >= 15 is 0 Å². The zero-order valence-electron chi connectivity index (χ0n) is 12.8. The molecule has 0 spiro atoms. The second kappa shape index (κ2) is 7.09. The first-order valence-electron chi connectivity index (χ1n) is 7.31. The minimum atomic E-state index is -0.215. The molecule has 1 heterocycles. The van der Waals surface area contributed by atoms with Gasteiger partial charge in [-0.25, -0.2) is 0 Å². The summed E-state index contributed by atoms with van der Waals surface area (Å²) in [5.41, 5.74) is 2.72. The summed E-state index contributed by atoms with van der Waals surface area (Å²) in [5, 5.41) is 6.37. The van der Waals surface area contributed by atoms with Crippen molar-refractivity contribution in [3.8, 4) is 0 Å². The number of carbonyl (C=O) groups is 1. The summed E-state index contributed by atoms with van der Waals surface area (Å²) in [6, 6.07) is 9.80. The Morgan fingerprint density at radius 2 is 2.05 bits per heavy atom. The fraction of sp³-hybridized carbons (Fsp3) is 0.353. The third-order valence-corrected chi connectivity index (χ3v) is 3.44. The fourth-order valence-electron chi connectivity index (χ4n) is 2.24. The molecule has 2 rings (SSSR count). The largest absolute Gasteiger partial charge is 0.459 e. The summed E-state index contributed by atoms with van der Waals surface area (Å²) in [5.74, 6) is 0.145. The summed E-state index contributed by atoms with van der Waals surface area (Å²) in [7, 11) is 0. The average Bonchev–Trinajstić information content (AvgIpc) is 2.91. The molecule has 21 heavy (non-hydrogen) atoms. The molecule has 1 amide bonds. The van der Waals surface area contributed by atoms with Crippen LogP contribution in [0.15, 0.2) is 41.0 Å². The Balaban J connectivity index is 2.17. The molecule has 0 saturated heterocycles. The maximum Gasteiger partial charge on any atom is 0.291 e. The van der Waals surface area contributed by atoms with Crippen molar-refractivity contribution >= 4 is 11.6 Å². The van der Waals surface area contributed by atoms with Gasteiger partial charge in [-0.15, -0.1) is 0 Å². The van der Waals surface area contributed by atoms with Gasteiger partial charge in [-0.1, -0.05) is 25.1 Å². The van der Waals surface area contributed by atoms with Gasteiger partial charge in [-0.3, -0.25) is 4.79 Å². The molecule has 112 valence electrons. The number of nitrogens with one attached hydrogen (secondary N) is 2. The molecule has 1 aromatic carbocycles. The van der Waals surface area contributed by atoms with E-state index in [2.05, 4.69) is 24.5 Å². The Morgan fingerprint density at radius 3 is 2.71 bits per heavy atom. The summed E-state index contributed by atoms with van der Waals surface area (Å²) < 4.78 is 5.24. The van der Waals surface area contributed by atoms with E-state index in [1.165, 1.54) is 6.26 Å². The first-order valence-corrected chi connectivity index (χ1v) is 7.31. The minimum absolute atomic E-state index is 0.180. The molecule has 2 N–H and O–H groups in total. The Morgan fingerprint density at radius 1 is 1.29 bits per heavy atom. The molecule has 1 aromatic heterocycles. The average molecular weight is 286 g/mol. The van der Waals surface area contributed by atoms with E-state index in [0.717, 1.165) is 29.8 Å². The van der Waals surface area contributed by atoms with Gasteiger partial charge in [-0.2, -0.15) is 0 Å². The predicted molar refractivity (Wildman–Crippen MR) is 84.5 cm³/mol. The van der Waals surface area contributed by atoms with Gasteiger partial charge in [0.25, 0.3) is 5.91 Å². The maximum atomic E-state index is 12.3. The molecule has 4 nitrogen and oxygen atoms in total. The van der Waals surface area contributed by atoms with Gasteiger partial charge in [0.05, 0.1) is 6.26 Å². The number of benzene rings is 1. The van der Waals surface area contributed by atoms with Gasteiger partial charge in [-0.05, 0) is 44.5 Å². The van der Waals surface area contributed by atoms with E-state index in [1.54, 1.807) is 6.07 Å². The van der Waals surface area contributed by atoms with Gasteiger partial charge in [0.1, 0.15) is 0 Å². The normalized spacial score (nSPS) is 12.1. The molecule has 0 aliphatic rings. The first-order chi connectivity index (χ1) is 10.1. The highest BCUT2D eigenvalue weighted by molar-refractivity contribution is 6.03. The van der Waals surface area contributed by atoms with Crippen molar-refractivity contribution in [3.05, 3.63) is 53.5 Å². The number of aryl methyl sites for hydroxylation is 1. The Hall–Kier alpha value is -2.07. The van der Waals surface area contributed by atoms with Gasteiger partial charge < -0.3 is 15.1 Å². The van der Waals surface area contributed by atoms with E-state index < -0.39 is 0 Å². The van der Waals surface area contributed by atoms with Crippen LogP contribution in [0.25, 0.3) is 0 Å². The van der Waals surface area contributed by atoms with Crippen LogP contribution in [0, 0.1) is 6.92 Å². The number of amides is 1. The van der Waals surface area contributed by atoms with Crippen LogP contribution in [0.4, 0.5) is 5.69 Å². The molecule has 4 heteroatoms. The molecule has 0 aliphatic heterocycles. The number of hydrogen-bond donors (Lipinski definition) is 2. The van der Waals surface area contributed by atoms with Crippen molar-refractivity contribution < 1.29 is 9.21 Å². The van der Waals surface area contributed by atoms with Crippen molar-refractivity contribution in [1.82, 2.24) is 5.32 Å². The van der Waals surface area contributed by atoms with Crippen LogP contribution in [0.1, 0.15) is 48.0 Å². The number of rotatable bonds is 6. The molecule has 1 atom stereocenters. The van der Waals surface area contributed by atoms with Crippen LogP contribution in [0.5, 0.6) is 0 Å². The van der Waals surface area contributed by atoms with E-state index in [4.69, 9.17) is 4.42 Å². The highest BCUT2D eigenvalue weighted by Crippen LogP contribution is 2.23. The quantitative estimate of drug-likeness (QED) is 0.846. The van der Waals surface area contributed by atoms with Crippen molar-refractivity contribution in [2.45, 2.75) is 33.2 Å². The first kappa shape index (κ1) is 15.3. The van der Waals surface area contributed by atoms with Crippen LogP contribution in [0.2, 0.25) is 0 Å². The molecular weight excluding hydrogens is 264 g/mol. The molecule has 0 saturated carbocycles. The Kier molecular flexibility index (Phi) is 5.17. The molecule has 2 aromatic rings. The van der Waals surface area contributed by atoms with Gasteiger partial charge in [0.15, 0.2) is 5.76 Å². The van der Waals surface area contributed by atoms with Gasteiger partial charge in [0, 0.05) is 17.3 Å². The van der Waals surface area contributed by atoms with E-state index in [1.807, 2.05) is 31.2 Å². The fourth-order valence-corrected chi connectivity index (χ4v) is 2.24. The van der Waals surface area contributed by atoms with Crippen LogP contribution in [-0.2, 0) is 0 Å². The van der Waals surface area contributed by atoms with Crippen LogP contribution in [0.3, 0.4) is 0 Å². The monoisotopic (exact) mass is 286 g/mol. The Bertz CT molecular complexity index is 604. The molecular formula is C17H22N2O2. The Labute approximate surface area is 125 Å². The lowest BCUT2D eigenvalue weighted by atomic mass is 10.1. The number of carbonyl (C=O) groups excluding carboxylic acids is 1. The lowest BCUT2D eigenvalue weighted by Gasteiger charge is -2.18. The molecule has 0 aliphatic carbocycles. The van der Waals surface area contributed by atoms with E-state index in [9.17, 15) is 4.79 Å². The highest BCUT2D eigenvalue weighted by Gasteiger charge is 2.16. The maximum absolute atomic E-state index is 12.3. The second-order valence-electron chi connectivity index (χ2n) is 5.15. The predicted octanol–water partition coefficient (Wildman–Crippen LogP) is 3.90. The van der Waals surface area contributed by atoms with Crippen molar-refractivity contribution in [3.63, 3.8) is 0 Å². The number of hydrogen-bond acceptors (Lipinski definition) is 3. The highest BCUT2D eigenvalue weighted by atomic mass is 16.3. The number of furan rings is 1. The van der Waals surface area contributed by atoms with Crippen molar-refractivity contribution in [2.75, 3.05) is 11.9 Å². The summed E-state index contributed by atoms with van der Waals surface area (Å²) in [6.07, 6.45) is 2.60. The van der Waals surface area contributed by atoms with Crippen LogP contribution in [-0.4, -0.2) is 12.5 Å². The van der Waals surface area contributed by atoms with Gasteiger partial charge >= 0.3 is 0 Å². The molecule has 0 radical (unpaired) electrons. The van der Waals surface area contributed by atoms with E-state index in [0.29, 0.717) is 5.76 Å². The lowest BCUT2D eigenvalue weighted by Crippen LogP contribution is -2.21. The smallest absolute Gasteiger partial charge is 0.291 e. The summed E-state index contributed by atoms with van der Waals surface area (Å²) >= 11 is 0.